The number of hydrogen-bond acceptors (Lipinski definition) is 2. The Balaban J connectivity index is 1.49. The van der Waals surface area contributed by atoms with E-state index in [0.29, 0.717) is 6.54 Å². The van der Waals surface area contributed by atoms with Crippen molar-refractivity contribution in [2.75, 3.05) is 0 Å². The van der Waals surface area contributed by atoms with E-state index >= 15 is 0 Å². The highest BCUT2D eigenvalue weighted by atomic mass is 35.5. The van der Waals surface area contributed by atoms with Crippen molar-refractivity contribution < 1.29 is 4.79 Å². The molecule has 4 rings (SSSR count). The van der Waals surface area contributed by atoms with Crippen LogP contribution in [0.3, 0.4) is 0 Å². The normalized spacial score (nSPS) is 17.0. The number of hydrogen-bond donors (Lipinski definition) is 1. The molecule has 2 atom stereocenters. The maximum Gasteiger partial charge on any atom is 0.227 e. The number of fused-ring (bicyclic) bond motifs is 1. The summed E-state index contributed by atoms with van der Waals surface area (Å²) in [6.45, 7) is 2.67. The molecule has 0 fully saturated rings. The largest absolute Gasteiger partial charge is 0.349 e. The first kappa shape index (κ1) is 18.8. The van der Waals surface area contributed by atoms with Crippen LogP contribution in [0.2, 0.25) is 5.02 Å². The van der Waals surface area contributed by atoms with Crippen LogP contribution >= 0.6 is 11.6 Å². The fourth-order valence-corrected chi connectivity index (χ4v) is 3.98. The quantitative estimate of drug-likeness (QED) is 0.671. The zero-order chi connectivity index (χ0) is 19.5. The second kappa shape index (κ2) is 8.19. The Morgan fingerprint density at radius 1 is 1.21 bits per heavy atom. The first-order valence-electron chi connectivity index (χ1n) is 9.76. The number of aromatic nitrogens is 2. The predicted octanol–water partition coefficient (Wildman–Crippen LogP) is 4.88. The second-order valence-electron chi connectivity index (χ2n) is 7.42. The Morgan fingerprint density at radius 2 is 1.96 bits per heavy atom. The van der Waals surface area contributed by atoms with Crippen molar-refractivity contribution in [1.29, 1.82) is 0 Å². The summed E-state index contributed by atoms with van der Waals surface area (Å²) in [4.78, 5) is 12.8. The molecule has 1 aliphatic carbocycles. The van der Waals surface area contributed by atoms with E-state index in [4.69, 9.17) is 11.6 Å². The van der Waals surface area contributed by atoms with E-state index in [2.05, 4.69) is 15.1 Å². The Morgan fingerprint density at radius 3 is 2.71 bits per heavy atom. The maximum atomic E-state index is 12.8. The van der Waals surface area contributed by atoms with Gasteiger partial charge in [-0.3, -0.25) is 9.48 Å². The maximum absolute atomic E-state index is 12.8. The van der Waals surface area contributed by atoms with Crippen LogP contribution in [0.5, 0.6) is 0 Å². The smallest absolute Gasteiger partial charge is 0.227 e. The second-order valence-corrected chi connectivity index (χ2v) is 7.85. The van der Waals surface area contributed by atoms with E-state index in [1.54, 1.807) is 0 Å². The fourth-order valence-electron chi connectivity index (χ4n) is 3.86. The number of carbonyl (C=O) groups excluding carboxylic acids is 1. The molecule has 0 saturated carbocycles. The summed E-state index contributed by atoms with van der Waals surface area (Å²) in [5.41, 5.74) is 4.57. The van der Waals surface area contributed by atoms with Crippen molar-refractivity contribution in [2.24, 2.45) is 0 Å². The van der Waals surface area contributed by atoms with Crippen LogP contribution in [-0.2, 0) is 17.8 Å². The zero-order valence-electron chi connectivity index (χ0n) is 15.9. The first-order valence-corrected chi connectivity index (χ1v) is 10.1. The molecule has 0 aliphatic heterocycles. The molecular formula is C23H24ClN3O. The summed E-state index contributed by atoms with van der Waals surface area (Å²) < 4.78 is 2.05. The molecule has 2 unspecified atom stereocenters. The molecule has 0 spiro atoms. The Labute approximate surface area is 170 Å². The molecule has 0 saturated heterocycles. The number of nitrogens with one attached hydrogen (secondary N) is 1. The monoisotopic (exact) mass is 393 g/mol. The van der Waals surface area contributed by atoms with Crippen LogP contribution in [0.4, 0.5) is 0 Å². The Kier molecular flexibility index (Phi) is 5.49. The van der Waals surface area contributed by atoms with Gasteiger partial charge < -0.3 is 5.32 Å². The third-order valence-electron chi connectivity index (χ3n) is 5.52. The molecule has 0 bridgehead atoms. The van der Waals surface area contributed by atoms with Gasteiger partial charge in [0.05, 0.1) is 24.7 Å². The van der Waals surface area contributed by atoms with Crippen LogP contribution in [0.1, 0.15) is 54.1 Å². The van der Waals surface area contributed by atoms with Gasteiger partial charge in [-0.25, -0.2) is 0 Å². The topological polar surface area (TPSA) is 46.9 Å². The SMILES string of the molecule is CC(C(=O)NC1CCCc2c1cnn2Cc1ccc(Cl)cc1)c1ccccc1. The minimum atomic E-state index is -0.171. The Bertz CT molecular complexity index is 950. The summed E-state index contributed by atoms with van der Waals surface area (Å²) >= 11 is 5.98. The van der Waals surface area contributed by atoms with E-state index in [1.165, 1.54) is 11.3 Å². The lowest BCUT2D eigenvalue weighted by molar-refractivity contribution is -0.123. The van der Waals surface area contributed by atoms with Gasteiger partial charge in [-0.15, -0.1) is 0 Å². The van der Waals surface area contributed by atoms with Crippen molar-refractivity contribution in [1.82, 2.24) is 15.1 Å². The van der Waals surface area contributed by atoms with Gasteiger partial charge in [0.1, 0.15) is 0 Å². The average molecular weight is 394 g/mol. The van der Waals surface area contributed by atoms with Gasteiger partial charge in [0.2, 0.25) is 5.91 Å². The molecule has 1 aliphatic rings. The van der Waals surface area contributed by atoms with Crippen LogP contribution < -0.4 is 5.32 Å². The Hall–Kier alpha value is -2.59. The fraction of sp³-hybridized carbons (Fsp3) is 0.304. The number of carbonyl (C=O) groups is 1. The number of halogens is 1. The molecule has 1 amide bonds. The van der Waals surface area contributed by atoms with E-state index < -0.39 is 0 Å². The minimum Gasteiger partial charge on any atom is -0.349 e. The minimum absolute atomic E-state index is 0.0291. The summed E-state index contributed by atoms with van der Waals surface area (Å²) in [7, 11) is 0. The van der Waals surface area contributed by atoms with E-state index in [1.807, 2.05) is 67.7 Å². The lowest BCUT2D eigenvalue weighted by atomic mass is 9.91. The molecule has 1 heterocycles. The number of rotatable bonds is 5. The molecular weight excluding hydrogens is 370 g/mol. The summed E-state index contributed by atoms with van der Waals surface area (Å²) in [6, 6.07) is 17.8. The molecule has 0 radical (unpaired) electrons. The lowest BCUT2D eigenvalue weighted by Gasteiger charge is -2.25. The first-order chi connectivity index (χ1) is 13.6. The van der Waals surface area contributed by atoms with Gasteiger partial charge >= 0.3 is 0 Å². The highest BCUT2D eigenvalue weighted by molar-refractivity contribution is 6.30. The number of nitrogens with zero attached hydrogens (tertiary/aromatic N) is 2. The van der Waals surface area contributed by atoms with Gasteiger partial charge in [0.15, 0.2) is 0 Å². The molecule has 3 aromatic rings. The lowest BCUT2D eigenvalue weighted by Crippen LogP contribution is -2.33. The van der Waals surface area contributed by atoms with Crippen molar-refractivity contribution in [3.8, 4) is 0 Å². The van der Waals surface area contributed by atoms with Gasteiger partial charge in [-0.1, -0.05) is 54.1 Å². The van der Waals surface area contributed by atoms with Crippen molar-refractivity contribution in [3.63, 3.8) is 0 Å². The number of amides is 1. The van der Waals surface area contributed by atoms with Crippen LogP contribution in [0, 0.1) is 0 Å². The molecule has 4 nitrogen and oxygen atoms in total. The molecule has 1 N–H and O–H groups in total. The van der Waals surface area contributed by atoms with Crippen LogP contribution in [0.15, 0.2) is 60.8 Å². The van der Waals surface area contributed by atoms with Gasteiger partial charge in [-0.05, 0) is 49.4 Å². The average Bonchev–Trinajstić information content (AvgIpc) is 3.13. The third-order valence-corrected chi connectivity index (χ3v) is 5.77. The van der Waals surface area contributed by atoms with Crippen LogP contribution in [-0.4, -0.2) is 15.7 Å². The van der Waals surface area contributed by atoms with E-state index in [-0.39, 0.29) is 17.9 Å². The molecule has 1 aromatic heterocycles. The van der Waals surface area contributed by atoms with E-state index in [9.17, 15) is 4.79 Å². The van der Waals surface area contributed by atoms with Gasteiger partial charge in [0.25, 0.3) is 0 Å². The summed E-state index contributed by atoms with van der Waals surface area (Å²) in [5, 5.41) is 8.59. The molecule has 5 heteroatoms. The molecule has 2 aromatic carbocycles. The molecule has 144 valence electrons. The standard InChI is InChI=1S/C23H24ClN3O/c1-16(18-6-3-2-4-7-18)23(28)26-21-8-5-9-22-20(21)14-25-27(22)15-17-10-12-19(24)13-11-17/h2-4,6-7,10-14,16,21H,5,8-9,15H2,1H3,(H,26,28). The molecule has 28 heavy (non-hydrogen) atoms. The van der Waals surface area contributed by atoms with Crippen molar-refractivity contribution >= 4 is 17.5 Å². The zero-order valence-corrected chi connectivity index (χ0v) is 16.7. The van der Waals surface area contributed by atoms with Crippen molar-refractivity contribution in [2.45, 2.75) is 44.7 Å². The summed E-state index contributed by atoms with van der Waals surface area (Å²) in [6.07, 6.45) is 4.91. The van der Waals surface area contributed by atoms with Gasteiger partial charge in [0, 0.05) is 16.3 Å². The predicted molar refractivity (Wildman–Crippen MR) is 111 cm³/mol. The van der Waals surface area contributed by atoms with Gasteiger partial charge in [-0.2, -0.15) is 5.10 Å². The third kappa shape index (κ3) is 3.97. The number of benzene rings is 2. The highest BCUT2D eigenvalue weighted by Gasteiger charge is 2.27. The highest BCUT2D eigenvalue weighted by Crippen LogP contribution is 2.31. The summed E-state index contributed by atoms with van der Waals surface area (Å²) in [5.74, 6) is -0.106. The van der Waals surface area contributed by atoms with Crippen LogP contribution in [0.25, 0.3) is 0 Å². The van der Waals surface area contributed by atoms with E-state index in [0.717, 1.165) is 35.4 Å². The van der Waals surface area contributed by atoms with Crippen molar-refractivity contribution in [3.05, 3.63) is 88.2 Å².